The Balaban J connectivity index is 2.36. The Morgan fingerprint density at radius 1 is 1.41 bits per heavy atom. The van der Waals surface area contributed by atoms with Crippen molar-refractivity contribution in [3.63, 3.8) is 0 Å². The molecule has 0 aliphatic carbocycles. The van der Waals surface area contributed by atoms with Gasteiger partial charge in [0.2, 0.25) is 0 Å². The van der Waals surface area contributed by atoms with Crippen molar-refractivity contribution in [2.24, 2.45) is 5.10 Å². The molecule has 5 nitrogen and oxygen atoms in total. The number of anilines is 1. The third-order valence-corrected chi connectivity index (χ3v) is 3.21. The van der Waals surface area contributed by atoms with Crippen molar-refractivity contribution in [2.75, 3.05) is 5.01 Å². The van der Waals surface area contributed by atoms with Gasteiger partial charge in [-0.05, 0) is 37.8 Å². The van der Waals surface area contributed by atoms with Gasteiger partial charge in [0.15, 0.2) is 0 Å². The predicted octanol–water partition coefficient (Wildman–Crippen LogP) is 2.07. The van der Waals surface area contributed by atoms with Crippen LogP contribution in [0, 0.1) is 6.92 Å². The largest absolute Gasteiger partial charge is 0.259 e. The number of hydrazine groups is 2. The van der Waals surface area contributed by atoms with Gasteiger partial charge < -0.3 is 0 Å². The number of rotatable bonds is 3. The predicted molar refractivity (Wildman–Crippen MR) is 69.5 cm³/mol. The highest BCUT2D eigenvalue weighted by Gasteiger charge is 2.18. The maximum absolute atomic E-state index is 4.46. The van der Waals surface area contributed by atoms with Gasteiger partial charge in [0.05, 0.1) is 11.4 Å². The van der Waals surface area contributed by atoms with Crippen LogP contribution in [-0.4, -0.2) is 10.8 Å². The number of hydrazone groups is 1. The zero-order valence-electron chi connectivity index (χ0n) is 10.8. The van der Waals surface area contributed by atoms with Crippen molar-refractivity contribution in [1.29, 1.82) is 0 Å². The molecule has 0 aromatic carbocycles. The Labute approximate surface area is 102 Å². The summed E-state index contributed by atoms with van der Waals surface area (Å²) in [6.45, 7) is 8.35. The summed E-state index contributed by atoms with van der Waals surface area (Å²) >= 11 is 0. The molecule has 0 fully saturated rings. The van der Waals surface area contributed by atoms with E-state index in [0.717, 1.165) is 23.6 Å². The normalized spacial score (nSPS) is 16.7. The molecular weight excluding hydrogens is 214 g/mol. The molecule has 1 aromatic rings. The van der Waals surface area contributed by atoms with Gasteiger partial charge in [-0.15, -0.1) is 10.6 Å². The second-order valence-electron chi connectivity index (χ2n) is 4.40. The van der Waals surface area contributed by atoms with Crippen molar-refractivity contribution < 1.29 is 0 Å². The number of hydrogen-bond acceptors (Lipinski definition) is 5. The third kappa shape index (κ3) is 2.24. The summed E-state index contributed by atoms with van der Waals surface area (Å²) in [5, 5.41) is 5.99. The van der Waals surface area contributed by atoms with Gasteiger partial charge in [-0.3, -0.25) is 4.98 Å². The van der Waals surface area contributed by atoms with Crippen LogP contribution in [0.5, 0.6) is 0 Å². The van der Waals surface area contributed by atoms with E-state index in [4.69, 9.17) is 0 Å². The van der Waals surface area contributed by atoms with Gasteiger partial charge in [-0.2, -0.15) is 0 Å². The van der Waals surface area contributed by atoms with Gasteiger partial charge in [-0.25, -0.2) is 10.5 Å². The van der Waals surface area contributed by atoms with Crippen molar-refractivity contribution in [1.82, 2.24) is 16.1 Å². The van der Waals surface area contributed by atoms with E-state index in [1.807, 2.05) is 25.1 Å². The van der Waals surface area contributed by atoms with E-state index in [-0.39, 0.29) is 0 Å². The van der Waals surface area contributed by atoms with Crippen LogP contribution in [0.3, 0.4) is 0 Å². The maximum Gasteiger partial charge on any atom is 0.143 e. The van der Waals surface area contributed by atoms with E-state index in [2.05, 4.69) is 41.1 Å². The van der Waals surface area contributed by atoms with Gasteiger partial charge >= 0.3 is 0 Å². The molecule has 0 radical (unpaired) electrons. The minimum Gasteiger partial charge on any atom is -0.259 e. The summed E-state index contributed by atoms with van der Waals surface area (Å²) < 4.78 is 0. The smallest absolute Gasteiger partial charge is 0.143 e. The molecule has 2 rings (SSSR count). The Hall–Kier alpha value is -1.62. The topological polar surface area (TPSA) is 52.6 Å². The average molecular weight is 233 g/mol. The summed E-state index contributed by atoms with van der Waals surface area (Å²) in [7, 11) is 0. The summed E-state index contributed by atoms with van der Waals surface area (Å²) in [5.74, 6) is 1.41. The molecule has 1 atom stereocenters. The van der Waals surface area contributed by atoms with Crippen molar-refractivity contribution >= 4 is 11.5 Å². The van der Waals surface area contributed by atoms with E-state index in [0.29, 0.717) is 5.92 Å². The van der Waals surface area contributed by atoms with Crippen LogP contribution in [0.25, 0.3) is 0 Å². The number of nitrogens with zero attached hydrogens (tertiary/aromatic N) is 3. The van der Waals surface area contributed by atoms with Crippen LogP contribution in [0.4, 0.5) is 5.69 Å². The lowest BCUT2D eigenvalue weighted by Gasteiger charge is -2.20. The molecule has 1 unspecified atom stereocenters. The fourth-order valence-corrected chi connectivity index (χ4v) is 1.79. The highest BCUT2D eigenvalue weighted by Crippen LogP contribution is 2.25. The molecule has 0 spiro atoms. The van der Waals surface area contributed by atoms with Crippen LogP contribution >= 0.6 is 0 Å². The number of aryl methyl sites for hydroxylation is 1. The van der Waals surface area contributed by atoms with Crippen molar-refractivity contribution in [3.8, 4) is 0 Å². The van der Waals surface area contributed by atoms with Crippen LogP contribution in [0.2, 0.25) is 0 Å². The molecular formula is C12H19N5. The van der Waals surface area contributed by atoms with Crippen LogP contribution in [0.1, 0.15) is 44.4 Å². The zero-order chi connectivity index (χ0) is 12.4. The minimum absolute atomic E-state index is 0.523. The zero-order valence-corrected chi connectivity index (χ0v) is 10.8. The second kappa shape index (κ2) is 4.71. The van der Waals surface area contributed by atoms with Crippen molar-refractivity contribution in [3.05, 3.63) is 23.5 Å². The molecule has 1 aromatic heterocycles. The molecule has 1 aliphatic heterocycles. The number of aromatic nitrogens is 1. The van der Waals surface area contributed by atoms with Gasteiger partial charge in [0.25, 0.3) is 0 Å². The van der Waals surface area contributed by atoms with Crippen molar-refractivity contribution in [2.45, 2.75) is 40.0 Å². The van der Waals surface area contributed by atoms with E-state index in [1.165, 1.54) is 5.56 Å². The molecule has 17 heavy (non-hydrogen) atoms. The third-order valence-electron chi connectivity index (χ3n) is 3.21. The van der Waals surface area contributed by atoms with Gasteiger partial charge in [-0.1, -0.05) is 13.8 Å². The average Bonchev–Trinajstić information content (AvgIpc) is 2.75. The molecule has 2 N–H and O–H groups in total. The Kier molecular flexibility index (Phi) is 3.28. The number of pyridine rings is 1. The summed E-state index contributed by atoms with van der Waals surface area (Å²) in [6, 6.07) is 2.18. The quantitative estimate of drug-likeness (QED) is 0.839. The Morgan fingerprint density at radius 2 is 2.18 bits per heavy atom. The lowest BCUT2D eigenvalue weighted by molar-refractivity contribution is 0.620. The molecule has 5 heteroatoms. The summed E-state index contributed by atoms with van der Waals surface area (Å²) in [4.78, 5) is 4.46. The molecule has 0 amide bonds. The molecule has 92 valence electrons. The highest BCUT2D eigenvalue weighted by atomic mass is 15.8. The number of amidine groups is 1. The van der Waals surface area contributed by atoms with Crippen LogP contribution in [0.15, 0.2) is 17.4 Å². The maximum atomic E-state index is 4.46. The summed E-state index contributed by atoms with van der Waals surface area (Å²) in [5.41, 5.74) is 9.03. The first-order chi connectivity index (χ1) is 8.13. The van der Waals surface area contributed by atoms with Gasteiger partial charge in [0.1, 0.15) is 5.84 Å². The van der Waals surface area contributed by atoms with Crippen LogP contribution < -0.4 is 16.1 Å². The van der Waals surface area contributed by atoms with E-state index < -0.39 is 0 Å². The first-order valence-corrected chi connectivity index (χ1v) is 5.95. The minimum atomic E-state index is 0.523. The van der Waals surface area contributed by atoms with Gasteiger partial charge in [0, 0.05) is 6.20 Å². The first kappa shape index (κ1) is 11.9. The number of nitrogens with one attached hydrogen (secondary N) is 2. The van der Waals surface area contributed by atoms with Crippen LogP contribution in [-0.2, 0) is 0 Å². The fraction of sp³-hybridized carbons (Fsp3) is 0.500. The lowest BCUT2D eigenvalue weighted by Crippen LogP contribution is -2.40. The Bertz CT molecular complexity index is 441. The van der Waals surface area contributed by atoms with E-state index in [9.17, 15) is 0 Å². The second-order valence-corrected chi connectivity index (χ2v) is 4.40. The molecule has 2 heterocycles. The molecule has 0 saturated heterocycles. The Morgan fingerprint density at radius 3 is 2.76 bits per heavy atom. The molecule has 1 aliphatic rings. The lowest BCUT2D eigenvalue weighted by atomic mass is 10.00. The highest BCUT2D eigenvalue weighted by molar-refractivity contribution is 5.96. The van der Waals surface area contributed by atoms with E-state index in [1.54, 1.807) is 0 Å². The SMILES string of the molecule is CCC(C)c1cnc(C)c(N2NNN=C2C)c1. The van der Waals surface area contributed by atoms with E-state index >= 15 is 0 Å². The summed E-state index contributed by atoms with van der Waals surface area (Å²) in [6.07, 6.45) is 3.08. The number of hydrogen-bond donors (Lipinski definition) is 2. The monoisotopic (exact) mass is 233 g/mol. The molecule has 0 bridgehead atoms. The molecule has 0 saturated carbocycles. The standard InChI is InChI=1S/C12H19N5/c1-5-8(2)11-6-12(9(3)13-7-11)17-10(4)14-15-16-17/h6-8,15-16H,5H2,1-4H3. The first-order valence-electron chi connectivity index (χ1n) is 5.95. The fourth-order valence-electron chi connectivity index (χ4n) is 1.79.